The normalized spacial score (nSPS) is 14.2. The Morgan fingerprint density at radius 3 is 2.81 bits per heavy atom. The molecule has 0 unspecified atom stereocenters. The molecule has 0 atom stereocenters. The van der Waals surface area contributed by atoms with Crippen LogP contribution in [0, 0.1) is 0 Å². The zero-order valence-electron chi connectivity index (χ0n) is 12.2. The third-order valence-electron chi connectivity index (χ3n) is 3.48. The highest BCUT2D eigenvalue weighted by molar-refractivity contribution is 5.64. The molecule has 0 radical (unpaired) electrons. The maximum absolute atomic E-state index is 5.62. The molecule has 2 heterocycles. The van der Waals surface area contributed by atoms with Crippen LogP contribution in [-0.4, -0.2) is 29.7 Å². The van der Waals surface area contributed by atoms with Crippen molar-refractivity contribution in [3.8, 4) is 5.75 Å². The summed E-state index contributed by atoms with van der Waals surface area (Å²) in [5, 5.41) is 3.32. The summed E-state index contributed by atoms with van der Waals surface area (Å²) in [5.41, 5.74) is 0.922. The van der Waals surface area contributed by atoms with Crippen LogP contribution in [0.2, 0.25) is 0 Å². The van der Waals surface area contributed by atoms with Crippen molar-refractivity contribution in [1.82, 2.24) is 9.97 Å². The summed E-state index contributed by atoms with van der Waals surface area (Å²) >= 11 is 0. The molecule has 0 amide bonds. The van der Waals surface area contributed by atoms with E-state index in [1.54, 1.807) is 6.20 Å². The minimum atomic E-state index is 0.640. The third kappa shape index (κ3) is 3.24. The molecule has 21 heavy (non-hydrogen) atoms. The zero-order chi connectivity index (χ0) is 14.5. The molecule has 0 aliphatic carbocycles. The number of rotatable bonds is 5. The number of ether oxygens (including phenoxy) is 1. The summed E-state index contributed by atoms with van der Waals surface area (Å²) in [6.45, 7) is 4.70. The molecule has 1 aromatic carbocycles. The quantitative estimate of drug-likeness (QED) is 0.913. The van der Waals surface area contributed by atoms with E-state index in [9.17, 15) is 0 Å². The summed E-state index contributed by atoms with van der Waals surface area (Å²) in [5.74, 6) is 2.42. The monoisotopic (exact) mass is 284 g/mol. The van der Waals surface area contributed by atoms with Gasteiger partial charge in [0, 0.05) is 19.3 Å². The van der Waals surface area contributed by atoms with Gasteiger partial charge in [-0.25, -0.2) is 4.98 Å². The first-order valence-electron chi connectivity index (χ1n) is 7.43. The fourth-order valence-corrected chi connectivity index (χ4v) is 2.48. The van der Waals surface area contributed by atoms with E-state index in [1.807, 2.05) is 37.3 Å². The van der Waals surface area contributed by atoms with Gasteiger partial charge in [-0.3, -0.25) is 0 Å². The molecular formula is C16H20N4O. The molecule has 0 bridgehead atoms. The number of hydrogen-bond donors (Lipinski definition) is 1. The van der Waals surface area contributed by atoms with Gasteiger partial charge in [-0.05, 0) is 38.0 Å². The van der Waals surface area contributed by atoms with E-state index in [0.29, 0.717) is 6.61 Å². The second-order valence-electron chi connectivity index (χ2n) is 4.99. The van der Waals surface area contributed by atoms with Crippen LogP contribution in [0.15, 0.2) is 36.5 Å². The molecule has 0 saturated carbocycles. The lowest BCUT2D eigenvalue weighted by molar-refractivity contribution is 0.342. The summed E-state index contributed by atoms with van der Waals surface area (Å²) in [6.07, 6.45) is 4.23. The summed E-state index contributed by atoms with van der Waals surface area (Å²) < 4.78 is 5.62. The van der Waals surface area contributed by atoms with Gasteiger partial charge >= 0.3 is 0 Å². The number of anilines is 3. The van der Waals surface area contributed by atoms with Crippen molar-refractivity contribution in [2.24, 2.45) is 0 Å². The summed E-state index contributed by atoms with van der Waals surface area (Å²) in [6, 6.07) is 9.76. The van der Waals surface area contributed by atoms with Crippen LogP contribution >= 0.6 is 0 Å². The number of aromatic nitrogens is 2. The van der Waals surface area contributed by atoms with Crippen LogP contribution in [0.3, 0.4) is 0 Å². The molecule has 1 aromatic heterocycles. The molecule has 110 valence electrons. The van der Waals surface area contributed by atoms with Gasteiger partial charge in [-0.2, -0.15) is 4.98 Å². The van der Waals surface area contributed by atoms with E-state index in [-0.39, 0.29) is 0 Å². The molecule has 3 rings (SSSR count). The Labute approximate surface area is 125 Å². The van der Waals surface area contributed by atoms with Crippen LogP contribution in [0.5, 0.6) is 5.75 Å². The van der Waals surface area contributed by atoms with Gasteiger partial charge < -0.3 is 15.0 Å². The third-order valence-corrected chi connectivity index (χ3v) is 3.48. The largest absolute Gasteiger partial charge is 0.492 e. The van der Waals surface area contributed by atoms with Gasteiger partial charge in [-0.15, -0.1) is 0 Å². The lowest BCUT2D eigenvalue weighted by Crippen LogP contribution is -2.20. The first-order chi connectivity index (χ1) is 10.4. The van der Waals surface area contributed by atoms with Gasteiger partial charge in [0.1, 0.15) is 11.6 Å². The maximum Gasteiger partial charge on any atom is 0.227 e. The molecule has 1 saturated heterocycles. The molecular weight excluding hydrogens is 264 g/mol. The highest BCUT2D eigenvalue weighted by Crippen LogP contribution is 2.27. The first-order valence-corrected chi connectivity index (χ1v) is 7.43. The fraction of sp³-hybridized carbons (Fsp3) is 0.375. The molecule has 1 aliphatic heterocycles. The predicted octanol–water partition coefficient (Wildman–Crippen LogP) is 3.22. The van der Waals surface area contributed by atoms with Gasteiger partial charge in [0.25, 0.3) is 0 Å². The standard InChI is InChI=1S/C16H20N4O/c1-2-21-14-8-4-3-7-13(14)18-15-9-10-17-16(19-15)20-11-5-6-12-20/h3-4,7-10H,2,5-6,11-12H2,1H3,(H,17,18,19). The zero-order valence-corrected chi connectivity index (χ0v) is 12.2. The average Bonchev–Trinajstić information content (AvgIpc) is 3.04. The van der Waals surface area contributed by atoms with E-state index in [0.717, 1.165) is 36.3 Å². The fourth-order valence-electron chi connectivity index (χ4n) is 2.48. The number of nitrogens with zero attached hydrogens (tertiary/aromatic N) is 3. The number of hydrogen-bond acceptors (Lipinski definition) is 5. The average molecular weight is 284 g/mol. The Morgan fingerprint density at radius 1 is 1.19 bits per heavy atom. The lowest BCUT2D eigenvalue weighted by Gasteiger charge is -2.16. The van der Waals surface area contributed by atoms with Crippen molar-refractivity contribution in [3.05, 3.63) is 36.5 Å². The topological polar surface area (TPSA) is 50.3 Å². The summed E-state index contributed by atoms with van der Waals surface area (Å²) in [7, 11) is 0. The minimum absolute atomic E-state index is 0.640. The Balaban J connectivity index is 1.80. The van der Waals surface area contributed by atoms with Crippen molar-refractivity contribution >= 4 is 17.5 Å². The molecule has 5 heteroatoms. The molecule has 1 fully saturated rings. The highest BCUT2D eigenvalue weighted by atomic mass is 16.5. The van der Waals surface area contributed by atoms with Crippen molar-refractivity contribution in [2.45, 2.75) is 19.8 Å². The van der Waals surface area contributed by atoms with E-state index in [1.165, 1.54) is 12.8 Å². The van der Waals surface area contributed by atoms with Crippen molar-refractivity contribution < 1.29 is 4.74 Å². The van der Waals surface area contributed by atoms with E-state index in [2.05, 4.69) is 20.2 Å². The van der Waals surface area contributed by atoms with Crippen LogP contribution in [-0.2, 0) is 0 Å². The molecule has 1 aliphatic rings. The Morgan fingerprint density at radius 2 is 2.00 bits per heavy atom. The smallest absolute Gasteiger partial charge is 0.227 e. The van der Waals surface area contributed by atoms with E-state index in [4.69, 9.17) is 4.74 Å². The van der Waals surface area contributed by atoms with Crippen molar-refractivity contribution in [3.63, 3.8) is 0 Å². The number of benzene rings is 1. The number of para-hydroxylation sites is 2. The van der Waals surface area contributed by atoms with Crippen molar-refractivity contribution in [1.29, 1.82) is 0 Å². The Bertz CT molecular complexity index is 596. The van der Waals surface area contributed by atoms with E-state index < -0.39 is 0 Å². The van der Waals surface area contributed by atoms with E-state index >= 15 is 0 Å². The van der Waals surface area contributed by atoms with Crippen LogP contribution in [0.1, 0.15) is 19.8 Å². The van der Waals surface area contributed by atoms with Crippen molar-refractivity contribution in [2.75, 3.05) is 29.9 Å². The predicted molar refractivity (Wildman–Crippen MR) is 84.4 cm³/mol. The van der Waals surface area contributed by atoms with Crippen LogP contribution in [0.25, 0.3) is 0 Å². The van der Waals surface area contributed by atoms with Gasteiger partial charge in [0.15, 0.2) is 0 Å². The SMILES string of the molecule is CCOc1ccccc1Nc1ccnc(N2CCCC2)n1. The summed E-state index contributed by atoms with van der Waals surface area (Å²) in [4.78, 5) is 11.2. The number of nitrogens with one attached hydrogen (secondary N) is 1. The molecule has 1 N–H and O–H groups in total. The van der Waals surface area contributed by atoms with Gasteiger partial charge in [0.2, 0.25) is 5.95 Å². The minimum Gasteiger partial charge on any atom is -0.492 e. The first kappa shape index (κ1) is 13.7. The molecule has 0 spiro atoms. The second kappa shape index (κ2) is 6.43. The molecule has 2 aromatic rings. The van der Waals surface area contributed by atoms with Crippen LogP contribution in [0.4, 0.5) is 17.5 Å². The van der Waals surface area contributed by atoms with Gasteiger partial charge in [-0.1, -0.05) is 12.1 Å². The lowest BCUT2D eigenvalue weighted by atomic mass is 10.3. The maximum atomic E-state index is 5.62. The Kier molecular flexibility index (Phi) is 4.19. The molecule has 5 nitrogen and oxygen atoms in total. The van der Waals surface area contributed by atoms with Gasteiger partial charge in [0.05, 0.1) is 12.3 Å². The Hall–Kier alpha value is -2.30. The van der Waals surface area contributed by atoms with Crippen LogP contribution < -0.4 is 15.0 Å². The highest BCUT2D eigenvalue weighted by Gasteiger charge is 2.15. The second-order valence-corrected chi connectivity index (χ2v) is 4.99.